The fourth-order valence-electron chi connectivity index (χ4n) is 3.02. The molecule has 2 atom stereocenters. The molecule has 25 heavy (non-hydrogen) atoms. The van der Waals surface area contributed by atoms with Crippen molar-refractivity contribution in [3.05, 3.63) is 0 Å². The molecule has 148 valence electrons. The highest BCUT2D eigenvalue weighted by molar-refractivity contribution is 5.69. The first-order valence-corrected chi connectivity index (χ1v) is 9.88. The molecule has 0 spiro atoms. The third-order valence-electron chi connectivity index (χ3n) is 4.66. The molecule has 0 radical (unpaired) electrons. The largest absolute Gasteiger partial charge is 0.457 e. The monoisotopic (exact) mass is 360 g/mol. The Bertz CT molecular complexity index is 332. The van der Waals surface area contributed by atoms with Gasteiger partial charge < -0.3 is 24.8 Å². The van der Waals surface area contributed by atoms with Crippen LogP contribution in [0.4, 0.5) is 0 Å². The molecule has 0 aromatic heterocycles. The predicted octanol–water partition coefficient (Wildman–Crippen LogP) is 2.32. The van der Waals surface area contributed by atoms with Gasteiger partial charge in [0.15, 0.2) is 0 Å². The van der Waals surface area contributed by atoms with Crippen molar-refractivity contribution >= 4 is 5.97 Å². The van der Waals surface area contributed by atoms with Crippen molar-refractivity contribution in [2.75, 3.05) is 19.8 Å². The molecule has 1 aliphatic heterocycles. The van der Waals surface area contributed by atoms with Crippen LogP contribution in [0.25, 0.3) is 0 Å². The van der Waals surface area contributed by atoms with Crippen molar-refractivity contribution in [1.29, 1.82) is 0 Å². The average molecular weight is 360 g/mol. The highest BCUT2D eigenvalue weighted by Crippen LogP contribution is 2.31. The van der Waals surface area contributed by atoms with Gasteiger partial charge in [0.1, 0.15) is 6.10 Å². The van der Waals surface area contributed by atoms with Crippen LogP contribution in [0.5, 0.6) is 0 Å². The lowest BCUT2D eigenvalue weighted by molar-refractivity contribution is -0.153. The number of aliphatic hydroxyl groups excluding tert-OH is 3. The number of hydrogen-bond acceptors (Lipinski definition) is 6. The minimum Gasteiger partial charge on any atom is -0.457 e. The topological polar surface area (TPSA) is 99.5 Å². The summed E-state index contributed by atoms with van der Waals surface area (Å²) in [5, 5.41) is 26.4. The minimum atomic E-state index is -0.784. The molecule has 0 amide bonds. The summed E-state index contributed by atoms with van der Waals surface area (Å²) in [6.07, 6.45) is 12.4. The number of aliphatic hydroxyl groups is 3. The normalized spacial score (nSPS) is 19.4. The highest BCUT2D eigenvalue weighted by atomic mass is 16.6. The molecule has 0 aliphatic carbocycles. The maximum Gasteiger partial charge on any atom is 0.306 e. The Balaban J connectivity index is 1.83. The van der Waals surface area contributed by atoms with Gasteiger partial charge in [0.2, 0.25) is 0 Å². The maximum atomic E-state index is 11.5. The van der Waals surface area contributed by atoms with E-state index in [1.165, 1.54) is 19.3 Å². The summed E-state index contributed by atoms with van der Waals surface area (Å²) < 4.78 is 10.6. The number of carbonyl (C=O) groups excluding carboxylic acids is 1. The highest BCUT2D eigenvalue weighted by Gasteiger charge is 2.36. The van der Waals surface area contributed by atoms with E-state index in [1.807, 2.05) is 0 Å². The zero-order valence-electron chi connectivity index (χ0n) is 15.4. The minimum absolute atomic E-state index is 0.301. The molecule has 0 aromatic carbocycles. The van der Waals surface area contributed by atoms with Crippen LogP contribution in [-0.4, -0.2) is 59.4 Å². The van der Waals surface area contributed by atoms with E-state index in [0.717, 1.165) is 51.4 Å². The first-order valence-electron chi connectivity index (χ1n) is 9.88. The van der Waals surface area contributed by atoms with Crippen molar-refractivity contribution in [2.24, 2.45) is 0 Å². The molecule has 0 aromatic rings. The fourth-order valence-corrected chi connectivity index (χ4v) is 3.02. The Labute approximate surface area is 151 Å². The van der Waals surface area contributed by atoms with Gasteiger partial charge in [-0.25, -0.2) is 0 Å². The van der Waals surface area contributed by atoms with Crippen LogP contribution in [0.3, 0.4) is 0 Å². The van der Waals surface area contributed by atoms with E-state index >= 15 is 0 Å². The average Bonchev–Trinajstić information content (AvgIpc) is 3.36. The van der Waals surface area contributed by atoms with E-state index in [2.05, 4.69) is 0 Å². The van der Waals surface area contributed by atoms with Gasteiger partial charge in [-0.05, 0) is 25.7 Å². The van der Waals surface area contributed by atoms with Crippen molar-refractivity contribution < 1.29 is 29.6 Å². The zero-order valence-corrected chi connectivity index (χ0v) is 15.4. The Morgan fingerprint density at radius 1 is 0.800 bits per heavy atom. The van der Waals surface area contributed by atoms with Gasteiger partial charge in [0, 0.05) is 13.0 Å². The second-order valence-corrected chi connectivity index (χ2v) is 6.92. The molecule has 0 bridgehead atoms. The van der Waals surface area contributed by atoms with Crippen LogP contribution in [0.1, 0.15) is 77.0 Å². The maximum absolute atomic E-state index is 11.5. The third kappa shape index (κ3) is 11.5. The van der Waals surface area contributed by atoms with Gasteiger partial charge in [0.25, 0.3) is 0 Å². The first kappa shape index (κ1) is 22.4. The van der Waals surface area contributed by atoms with E-state index in [4.69, 9.17) is 24.8 Å². The van der Waals surface area contributed by atoms with Crippen molar-refractivity contribution in [2.45, 2.75) is 95.4 Å². The number of carbonyl (C=O) groups is 1. The van der Waals surface area contributed by atoms with Crippen LogP contribution in [0, 0.1) is 0 Å². The van der Waals surface area contributed by atoms with Gasteiger partial charge in [0.05, 0.1) is 25.4 Å². The molecular formula is C19H36O6. The molecule has 6 nitrogen and oxygen atoms in total. The van der Waals surface area contributed by atoms with Crippen molar-refractivity contribution in [1.82, 2.24) is 0 Å². The fraction of sp³-hybridized carbons (Fsp3) is 0.947. The second kappa shape index (κ2) is 14.5. The Morgan fingerprint density at radius 3 is 1.88 bits per heavy atom. The molecule has 1 fully saturated rings. The zero-order chi connectivity index (χ0) is 18.3. The van der Waals surface area contributed by atoms with Gasteiger partial charge in [-0.1, -0.05) is 44.9 Å². The summed E-state index contributed by atoms with van der Waals surface area (Å²) in [4.78, 5) is 11.5. The summed E-state index contributed by atoms with van der Waals surface area (Å²) >= 11 is 0. The lowest BCUT2D eigenvalue weighted by atomic mass is 10.0. The molecule has 2 unspecified atom stereocenters. The number of esters is 1. The summed E-state index contributed by atoms with van der Waals surface area (Å²) in [7, 11) is 0. The summed E-state index contributed by atoms with van der Waals surface area (Å²) in [6.45, 7) is -0.375. The quantitative estimate of drug-likeness (QED) is 0.209. The Kier molecular flexibility index (Phi) is 12.9. The Morgan fingerprint density at radius 2 is 1.32 bits per heavy atom. The molecule has 1 heterocycles. The Hall–Kier alpha value is -0.690. The van der Waals surface area contributed by atoms with E-state index in [0.29, 0.717) is 25.2 Å². The van der Waals surface area contributed by atoms with Crippen LogP contribution >= 0.6 is 0 Å². The van der Waals surface area contributed by atoms with Crippen molar-refractivity contribution in [3.8, 4) is 0 Å². The van der Waals surface area contributed by atoms with Gasteiger partial charge in [-0.15, -0.1) is 0 Å². The van der Waals surface area contributed by atoms with Crippen molar-refractivity contribution in [3.63, 3.8) is 0 Å². The second-order valence-electron chi connectivity index (χ2n) is 6.92. The van der Waals surface area contributed by atoms with Gasteiger partial charge in [-0.3, -0.25) is 4.79 Å². The smallest absolute Gasteiger partial charge is 0.306 e. The molecule has 1 aliphatic rings. The van der Waals surface area contributed by atoms with Gasteiger partial charge in [-0.2, -0.15) is 0 Å². The summed E-state index contributed by atoms with van der Waals surface area (Å²) in [6, 6.07) is 0. The van der Waals surface area contributed by atoms with Crippen LogP contribution in [0.15, 0.2) is 0 Å². The molecule has 3 N–H and O–H groups in total. The SMILES string of the molecule is O=C(CCCCCCCC1OC1CCCCCCO)OC(CO)CO. The number of hydrogen-bond donors (Lipinski definition) is 3. The van der Waals surface area contributed by atoms with Crippen LogP contribution in [-0.2, 0) is 14.3 Å². The lowest BCUT2D eigenvalue weighted by Gasteiger charge is -2.12. The van der Waals surface area contributed by atoms with E-state index in [1.54, 1.807) is 0 Å². The number of ether oxygens (including phenoxy) is 2. The van der Waals surface area contributed by atoms with E-state index in [-0.39, 0.29) is 19.2 Å². The molecule has 6 heteroatoms. The first-order chi connectivity index (χ1) is 12.2. The lowest BCUT2D eigenvalue weighted by Crippen LogP contribution is -2.25. The number of rotatable bonds is 17. The van der Waals surface area contributed by atoms with Crippen LogP contribution < -0.4 is 0 Å². The van der Waals surface area contributed by atoms with E-state index in [9.17, 15) is 4.79 Å². The third-order valence-corrected chi connectivity index (χ3v) is 4.66. The van der Waals surface area contributed by atoms with Gasteiger partial charge >= 0.3 is 5.97 Å². The summed E-state index contributed by atoms with van der Waals surface area (Å²) in [5.74, 6) is -0.346. The number of epoxide rings is 1. The number of unbranched alkanes of at least 4 members (excludes halogenated alkanes) is 7. The molecule has 1 rings (SSSR count). The van der Waals surface area contributed by atoms with Crippen LogP contribution in [0.2, 0.25) is 0 Å². The molecule has 0 saturated carbocycles. The van der Waals surface area contributed by atoms with E-state index < -0.39 is 6.10 Å². The molecular weight excluding hydrogens is 324 g/mol. The standard InChI is InChI=1S/C19H36O6/c20-13-9-5-4-7-11-18-17(25-18)10-6-2-1-3-8-12-19(23)24-16(14-21)15-22/h16-18,20-22H,1-15H2. The predicted molar refractivity (Wildman–Crippen MR) is 95.2 cm³/mol. The summed E-state index contributed by atoms with van der Waals surface area (Å²) in [5.41, 5.74) is 0. The molecule has 1 saturated heterocycles.